The van der Waals surface area contributed by atoms with Crippen molar-refractivity contribution >= 4 is 27.6 Å². The lowest BCUT2D eigenvalue weighted by Crippen LogP contribution is -2.40. The number of rotatable bonds is 8. The van der Waals surface area contributed by atoms with Gasteiger partial charge < -0.3 is 19.6 Å². The first kappa shape index (κ1) is 25.5. The number of amides is 1. The van der Waals surface area contributed by atoms with Crippen LogP contribution in [0.15, 0.2) is 35.2 Å². The second kappa shape index (κ2) is 9.60. The van der Waals surface area contributed by atoms with Crippen molar-refractivity contribution in [3.63, 3.8) is 0 Å². The van der Waals surface area contributed by atoms with Gasteiger partial charge in [0.2, 0.25) is 5.91 Å². The van der Waals surface area contributed by atoms with Gasteiger partial charge >= 0.3 is 5.97 Å². The number of carboxylic acids is 1. The molecule has 0 spiro atoms. The van der Waals surface area contributed by atoms with Crippen LogP contribution in [0, 0.1) is 11.7 Å². The number of hydrogen-bond donors (Lipinski definition) is 2. The Morgan fingerprint density at radius 1 is 1.27 bits per heavy atom. The summed E-state index contributed by atoms with van der Waals surface area (Å²) in [5, 5.41) is 9.88. The number of benzene rings is 2. The number of hydrogen-bond acceptors (Lipinski definition) is 6. The van der Waals surface area contributed by atoms with Crippen LogP contribution < -0.4 is 9.46 Å². The van der Waals surface area contributed by atoms with Crippen molar-refractivity contribution in [3.05, 3.63) is 52.8 Å². The van der Waals surface area contributed by atoms with Gasteiger partial charge in [-0.15, -0.1) is 0 Å². The van der Waals surface area contributed by atoms with E-state index in [1.54, 1.807) is 18.0 Å². The number of carbonyl (C=O) groups is 2. The zero-order valence-electron chi connectivity index (χ0n) is 20.7. The molecule has 2 aromatic carbocycles. The Bertz CT molecular complexity index is 1360. The predicted octanol–water partition coefficient (Wildman–Crippen LogP) is 2.92. The Morgan fingerprint density at radius 2 is 2.05 bits per heavy atom. The molecule has 5 rings (SSSR count). The fraction of sp³-hybridized carbons (Fsp3) is 0.462. The van der Waals surface area contributed by atoms with Gasteiger partial charge in [0.15, 0.2) is 0 Å². The predicted molar refractivity (Wildman–Crippen MR) is 134 cm³/mol. The minimum Gasteiger partial charge on any atom is -0.492 e. The third kappa shape index (κ3) is 4.89. The van der Waals surface area contributed by atoms with Crippen LogP contribution in [-0.2, 0) is 21.2 Å². The SMILES string of the molecule is CCN1CC[C@@H](N(C)C(=O)Cc2cc(F)ccc2S(=O)(=O)Nc2ccc3c(c2C(=O)O)OCC2CC32)C1. The van der Waals surface area contributed by atoms with Gasteiger partial charge in [-0.3, -0.25) is 9.52 Å². The van der Waals surface area contributed by atoms with E-state index in [0.717, 1.165) is 56.2 Å². The standard InChI is InChI=1S/C26H30FN3O6S/c1-3-30-9-8-18(13-30)29(2)23(31)12-15-10-17(27)4-7-22(15)37(34,35)28-21-6-5-19-20-11-16(20)14-36-25(19)24(21)26(32)33/h4-7,10,16,18,20,28H,3,8-9,11-14H2,1-2H3,(H,32,33)/t16?,18-,20?/m1/s1. The molecule has 0 radical (unpaired) electrons. The Balaban J connectivity index is 1.42. The number of nitrogens with one attached hydrogen (secondary N) is 1. The quantitative estimate of drug-likeness (QED) is 0.538. The van der Waals surface area contributed by atoms with Crippen LogP contribution in [0.1, 0.15) is 47.2 Å². The van der Waals surface area contributed by atoms with Crippen molar-refractivity contribution in [1.82, 2.24) is 9.80 Å². The summed E-state index contributed by atoms with van der Waals surface area (Å²) in [7, 11) is -2.69. The van der Waals surface area contributed by atoms with E-state index in [-0.39, 0.29) is 51.7 Å². The van der Waals surface area contributed by atoms with Crippen molar-refractivity contribution in [3.8, 4) is 5.75 Å². The van der Waals surface area contributed by atoms with Crippen molar-refractivity contribution in [2.45, 2.75) is 43.0 Å². The fourth-order valence-electron chi connectivity index (χ4n) is 5.40. The number of carboxylic acid groups (broad SMARTS) is 1. The number of halogens is 1. The van der Waals surface area contributed by atoms with E-state index in [1.807, 2.05) is 6.92 Å². The maximum absolute atomic E-state index is 14.2. The van der Waals surface area contributed by atoms with Crippen molar-refractivity contribution < 1.29 is 32.2 Å². The van der Waals surface area contributed by atoms with Crippen molar-refractivity contribution in [1.29, 1.82) is 0 Å². The summed E-state index contributed by atoms with van der Waals surface area (Å²) in [4.78, 5) is 28.7. The Morgan fingerprint density at radius 3 is 2.76 bits per heavy atom. The number of sulfonamides is 1. The molecule has 3 atom stereocenters. The molecule has 37 heavy (non-hydrogen) atoms. The summed E-state index contributed by atoms with van der Waals surface area (Å²) in [6, 6.07) is 6.25. The minimum atomic E-state index is -4.36. The molecule has 11 heteroatoms. The molecule has 0 aromatic heterocycles. The smallest absolute Gasteiger partial charge is 0.341 e. The lowest BCUT2D eigenvalue weighted by atomic mass is 10.0. The molecule has 1 aliphatic carbocycles. The monoisotopic (exact) mass is 531 g/mol. The third-order valence-electron chi connectivity index (χ3n) is 7.70. The van der Waals surface area contributed by atoms with E-state index in [2.05, 4.69) is 9.62 Å². The van der Waals surface area contributed by atoms with E-state index in [9.17, 15) is 27.5 Å². The number of likely N-dealkylation sites (N-methyl/N-ethyl adjacent to an activating group) is 2. The number of ether oxygens (including phenoxy) is 1. The lowest BCUT2D eigenvalue weighted by molar-refractivity contribution is -0.131. The van der Waals surface area contributed by atoms with Crippen molar-refractivity contribution in [2.75, 3.05) is 38.0 Å². The first-order valence-electron chi connectivity index (χ1n) is 12.4. The molecule has 0 bridgehead atoms. The molecule has 1 saturated heterocycles. The van der Waals surface area contributed by atoms with Gasteiger partial charge in [-0.25, -0.2) is 17.6 Å². The Kier molecular flexibility index (Phi) is 6.61. The summed E-state index contributed by atoms with van der Waals surface area (Å²) in [6.07, 6.45) is 1.41. The summed E-state index contributed by atoms with van der Waals surface area (Å²) in [5.74, 6) is -1.54. The maximum Gasteiger partial charge on any atom is 0.341 e. The highest BCUT2D eigenvalue weighted by Crippen LogP contribution is 2.55. The average Bonchev–Trinajstić information content (AvgIpc) is 3.49. The van der Waals surface area contributed by atoms with E-state index in [1.165, 1.54) is 6.07 Å². The first-order chi connectivity index (χ1) is 17.6. The molecular formula is C26H30FN3O6S. The molecule has 198 valence electrons. The number of anilines is 1. The Labute approximate surface area is 215 Å². The maximum atomic E-state index is 14.2. The molecule has 2 aromatic rings. The average molecular weight is 532 g/mol. The minimum absolute atomic E-state index is 0.00104. The molecule has 1 saturated carbocycles. The number of carbonyl (C=O) groups excluding carboxylic acids is 1. The molecule has 2 heterocycles. The number of nitrogens with zero attached hydrogens (tertiary/aromatic N) is 2. The highest BCUT2D eigenvalue weighted by atomic mass is 32.2. The highest BCUT2D eigenvalue weighted by Gasteiger charge is 2.45. The number of aromatic carboxylic acids is 1. The molecule has 2 N–H and O–H groups in total. The van der Waals surface area contributed by atoms with E-state index in [4.69, 9.17) is 4.74 Å². The third-order valence-corrected chi connectivity index (χ3v) is 9.17. The summed E-state index contributed by atoms with van der Waals surface area (Å²) in [6.45, 7) is 4.93. The van der Waals surface area contributed by atoms with Gasteiger partial charge in [0, 0.05) is 32.1 Å². The Hall–Kier alpha value is -3.18. The zero-order chi connectivity index (χ0) is 26.5. The van der Waals surface area contributed by atoms with E-state index >= 15 is 0 Å². The van der Waals surface area contributed by atoms with Gasteiger partial charge in [-0.2, -0.15) is 0 Å². The summed E-state index contributed by atoms with van der Waals surface area (Å²) in [5.41, 5.74) is 0.366. The lowest BCUT2D eigenvalue weighted by Gasteiger charge is -2.25. The second-order valence-corrected chi connectivity index (χ2v) is 11.7. The zero-order valence-corrected chi connectivity index (χ0v) is 21.6. The fourth-order valence-corrected chi connectivity index (χ4v) is 6.69. The van der Waals surface area contributed by atoms with Crippen molar-refractivity contribution in [2.24, 2.45) is 5.92 Å². The molecule has 9 nitrogen and oxygen atoms in total. The van der Waals surface area contributed by atoms with Gasteiger partial charge in [-0.1, -0.05) is 13.0 Å². The molecule has 2 aliphatic heterocycles. The molecule has 2 unspecified atom stereocenters. The van der Waals surface area contributed by atoms with Crippen LogP contribution in [0.4, 0.5) is 10.1 Å². The molecular weight excluding hydrogens is 501 g/mol. The first-order valence-corrected chi connectivity index (χ1v) is 13.9. The number of likely N-dealkylation sites (tertiary alicyclic amines) is 1. The van der Waals surface area contributed by atoms with Crippen LogP contribution in [0.5, 0.6) is 5.75 Å². The van der Waals surface area contributed by atoms with Gasteiger partial charge in [0.05, 0.1) is 23.6 Å². The largest absolute Gasteiger partial charge is 0.492 e. The second-order valence-electron chi connectivity index (χ2n) is 10.00. The van der Waals surface area contributed by atoms with Gasteiger partial charge in [-0.05, 0) is 60.7 Å². The van der Waals surface area contributed by atoms with Gasteiger partial charge in [0.1, 0.15) is 17.1 Å². The van der Waals surface area contributed by atoms with Crippen LogP contribution in [0.3, 0.4) is 0 Å². The number of fused-ring (bicyclic) bond motifs is 3. The van der Waals surface area contributed by atoms with E-state index < -0.39 is 21.8 Å². The van der Waals surface area contributed by atoms with Crippen LogP contribution in [0.25, 0.3) is 0 Å². The van der Waals surface area contributed by atoms with Crippen LogP contribution >= 0.6 is 0 Å². The summed E-state index contributed by atoms with van der Waals surface area (Å²) < 4.78 is 49.1. The summed E-state index contributed by atoms with van der Waals surface area (Å²) >= 11 is 0. The molecule has 3 aliphatic rings. The highest BCUT2D eigenvalue weighted by molar-refractivity contribution is 7.92. The van der Waals surface area contributed by atoms with Crippen LogP contribution in [-0.4, -0.2) is 74.5 Å². The van der Waals surface area contributed by atoms with Crippen LogP contribution in [0.2, 0.25) is 0 Å². The molecule has 2 fully saturated rings. The topological polar surface area (TPSA) is 116 Å². The van der Waals surface area contributed by atoms with E-state index in [0.29, 0.717) is 12.5 Å². The van der Waals surface area contributed by atoms with Gasteiger partial charge in [0.25, 0.3) is 10.0 Å². The molecule has 1 amide bonds. The normalized spacial score (nSPS) is 22.5.